The van der Waals surface area contributed by atoms with Crippen LogP contribution in [0.4, 0.5) is 0 Å². The first kappa shape index (κ1) is 18.5. The Morgan fingerprint density at radius 2 is 1.52 bits per heavy atom. The van der Waals surface area contributed by atoms with E-state index >= 15 is 0 Å². The summed E-state index contributed by atoms with van der Waals surface area (Å²) < 4.78 is 5.58. The van der Waals surface area contributed by atoms with E-state index in [2.05, 4.69) is 35.2 Å². The summed E-state index contributed by atoms with van der Waals surface area (Å²) in [4.78, 5) is 17.4. The number of morpholine rings is 1. The highest BCUT2D eigenvalue weighted by Gasteiger charge is 2.42. The number of hydrogen-bond donors (Lipinski definition) is 0. The smallest absolute Gasteiger partial charge is 0.253 e. The van der Waals surface area contributed by atoms with Gasteiger partial charge >= 0.3 is 0 Å². The van der Waals surface area contributed by atoms with Crippen LogP contribution in [0.1, 0.15) is 28.8 Å². The second-order valence-electron chi connectivity index (χ2n) is 7.30. The van der Waals surface area contributed by atoms with E-state index < -0.39 is 0 Å². The van der Waals surface area contributed by atoms with E-state index in [1.807, 2.05) is 17.0 Å². The maximum absolute atomic E-state index is 12.9. The number of halogens is 1. The molecule has 5 heteroatoms. The van der Waals surface area contributed by atoms with Crippen molar-refractivity contribution < 1.29 is 9.53 Å². The largest absolute Gasteiger partial charge is 0.379 e. The zero-order chi connectivity index (χ0) is 18.7. The lowest BCUT2D eigenvalue weighted by atomic mass is 9.79. The van der Waals surface area contributed by atoms with Crippen LogP contribution in [-0.2, 0) is 10.3 Å². The summed E-state index contributed by atoms with van der Waals surface area (Å²) in [7, 11) is 0. The molecule has 2 fully saturated rings. The fourth-order valence-corrected chi connectivity index (χ4v) is 4.51. The maximum Gasteiger partial charge on any atom is 0.253 e. The Labute approximate surface area is 165 Å². The molecule has 0 saturated carbocycles. The zero-order valence-corrected chi connectivity index (χ0v) is 16.2. The third kappa shape index (κ3) is 3.75. The Morgan fingerprint density at radius 3 is 2.15 bits per heavy atom. The highest BCUT2D eigenvalue weighted by molar-refractivity contribution is 6.30. The van der Waals surface area contributed by atoms with Crippen molar-refractivity contribution in [3.05, 3.63) is 70.7 Å². The lowest BCUT2D eigenvalue weighted by Crippen LogP contribution is -2.57. The van der Waals surface area contributed by atoms with Gasteiger partial charge < -0.3 is 9.64 Å². The molecule has 142 valence electrons. The molecule has 4 rings (SSSR count). The van der Waals surface area contributed by atoms with Crippen molar-refractivity contribution in [2.45, 2.75) is 18.4 Å². The van der Waals surface area contributed by atoms with Crippen LogP contribution in [0, 0.1) is 0 Å². The molecule has 0 atom stereocenters. The maximum atomic E-state index is 12.9. The highest BCUT2D eigenvalue weighted by atomic mass is 35.5. The third-order valence-corrected chi connectivity index (χ3v) is 6.15. The summed E-state index contributed by atoms with van der Waals surface area (Å²) in [5.74, 6) is 0.0929. The number of amides is 1. The van der Waals surface area contributed by atoms with Crippen molar-refractivity contribution in [2.75, 3.05) is 39.4 Å². The summed E-state index contributed by atoms with van der Waals surface area (Å²) >= 11 is 5.95. The number of hydrogen-bond acceptors (Lipinski definition) is 3. The van der Waals surface area contributed by atoms with Crippen LogP contribution >= 0.6 is 11.6 Å². The first-order valence-electron chi connectivity index (χ1n) is 9.62. The molecule has 1 amide bonds. The van der Waals surface area contributed by atoms with Gasteiger partial charge in [0.05, 0.1) is 13.2 Å². The number of carbonyl (C=O) groups is 1. The fourth-order valence-electron chi connectivity index (χ4n) is 4.38. The molecule has 0 unspecified atom stereocenters. The molecule has 0 aromatic heterocycles. The summed E-state index contributed by atoms with van der Waals surface area (Å²) in [6, 6.07) is 17.9. The Morgan fingerprint density at radius 1 is 0.889 bits per heavy atom. The molecule has 0 N–H and O–H groups in total. The molecular weight excluding hydrogens is 360 g/mol. The summed E-state index contributed by atoms with van der Waals surface area (Å²) in [5, 5.41) is 0.653. The SMILES string of the molecule is O=C(c1ccc(Cl)cc1)N1CCC(c2ccccc2)(N2CCOCC2)CC1. The van der Waals surface area contributed by atoms with Gasteiger partial charge in [-0.05, 0) is 42.7 Å². The van der Waals surface area contributed by atoms with E-state index in [4.69, 9.17) is 16.3 Å². The molecule has 2 saturated heterocycles. The van der Waals surface area contributed by atoms with Crippen LogP contribution in [0.3, 0.4) is 0 Å². The number of benzene rings is 2. The van der Waals surface area contributed by atoms with Crippen LogP contribution in [0.2, 0.25) is 5.02 Å². The predicted molar refractivity (Wildman–Crippen MR) is 107 cm³/mol. The molecule has 2 aliphatic rings. The van der Waals surface area contributed by atoms with E-state index in [9.17, 15) is 4.79 Å². The lowest BCUT2D eigenvalue weighted by molar-refractivity contribution is -0.0482. The molecule has 0 radical (unpaired) electrons. The monoisotopic (exact) mass is 384 g/mol. The Kier molecular flexibility index (Phi) is 5.48. The average molecular weight is 385 g/mol. The molecule has 4 nitrogen and oxygen atoms in total. The van der Waals surface area contributed by atoms with Gasteiger partial charge in [-0.25, -0.2) is 0 Å². The van der Waals surface area contributed by atoms with E-state index in [0.29, 0.717) is 10.6 Å². The molecule has 0 aliphatic carbocycles. The minimum atomic E-state index is -0.0121. The molecule has 0 bridgehead atoms. The topological polar surface area (TPSA) is 32.8 Å². The van der Waals surface area contributed by atoms with Gasteiger partial charge in [0.15, 0.2) is 0 Å². The van der Waals surface area contributed by atoms with Crippen LogP contribution in [-0.4, -0.2) is 55.1 Å². The molecule has 27 heavy (non-hydrogen) atoms. The first-order chi connectivity index (χ1) is 13.2. The van der Waals surface area contributed by atoms with Crippen LogP contribution in [0.15, 0.2) is 54.6 Å². The average Bonchev–Trinajstić information content (AvgIpc) is 2.75. The van der Waals surface area contributed by atoms with E-state index in [1.54, 1.807) is 12.1 Å². The number of piperidine rings is 1. The van der Waals surface area contributed by atoms with Crippen molar-refractivity contribution in [3.63, 3.8) is 0 Å². The molecule has 0 spiro atoms. The summed E-state index contributed by atoms with van der Waals surface area (Å²) in [6.07, 6.45) is 1.88. The Hall–Kier alpha value is -1.88. The van der Waals surface area contributed by atoms with Gasteiger partial charge in [0, 0.05) is 42.3 Å². The van der Waals surface area contributed by atoms with E-state index in [-0.39, 0.29) is 11.4 Å². The van der Waals surface area contributed by atoms with Gasteiger partial charge in [-0.2, -0.15) is 0 Å². The Balaban J connectivity index is 1.54. The third-order valence-electron chi connectivity index (χ3n) is 5.90. The van der Waals surface area contributed by atoms with Crippen molar-refractivity contribution in [2.24, 2.45) is 0 Å². The minimum absolute atomic E-state index is 0.0121. The highest BCUT2D eigenvalue weighted by Crippen LogP contribution is 2.39. The molecule has 2 heterocycles. The Bertz CT molecular complexity index is 765. The van der Waals surface area contributed by atoms with Gasteiger partial charge in [-0.1, -0.05) is 41.9 Å². The number of carbonyl (C=O) groups excluding carboxylic acids is 1. The van der Waals surface area contributed by atoms with Crippen LogP contribution < -0.4 is 0 Å². The second kappa shape index (κ2) is 8.01. The van der Waals surface area contributed by atoms with Crippen LogP contribution in [0.25, 0.3) is 0 Å². The number of rotatable bonds is 3. The summed E-state index contributed by atoms with van der Waals surface area (Å²) in [5.41, 5.74) is 2.05. The normalized spacial score (nSPS) is 20.4. The molecule has 2 aromatic carbocycles. The second-order valence-corrected chi connectivity index (χ2v) is 7.73. The summed E-state index contributed by atoms with van der Waals surface area (Å²) in [6.45, 7) is 4.96. The zero-order valence-electron chi connectivity index (χ0n) is 15.4. The number of nitrogens with zero attached hydrogens (tertiary/aromatic N) is 2. The number of ether oxygens (including phenoxy) is 1. The quantitative estimate of drug-likeness (QED) is 0.806. The van der Waals surface area contributed by atoms with Gasteiger partial charge in [-0.15, -0.1) is 0 Å². The standard InChI is InChI=1S/C22H25ClN2O2/c23-20-8-6-18(7-9-20)21(26)24-12-10-22(11-13-24,19-4-2-1-3-5-19)25-14-16-27-17-15-25/h1-9H,10-17H2. The lowest BCUT2D eigenvalue weighted by Gasteiger charge is -2.50. The van der Waals surface area contributed by atoms with Gasteiger partial charge in [0.25, 0.3) is 5.91 Å². The first-order valence-corrected chi connectivity index (χ1v) is 10.00. The van der Waals surface area contributed by atoms with Crippen molar-refractivity contribution in [3.8, 4) is 0 Å². The van der Waals surface area contributed by atoms with Gasteiger partial charge in [0.1, 0.15) is 0 Å². The molecule has 2 aliphatic heterocycles. The fraction of sp³-hybridized carbons (Fsp3) is 0.409. The molecular formula is C22H25ClN2O2. The molecule has 2 aromatic rings. The van der Waals surface area contributed by atoms with Crippen molar-refractivity contribution >= 4 is 17.5 Å². The van der Waals surface area contributed by atoms with E-state index in [0.717, 1.165) is 52.2 Å². The van der Waals surface area contributed by atoms with Gasteiger partial charge in [-0.3, -0.25) is 9.69 Å². The van der Waals surface area contributed by atoms with Crippen molar-refractivity contribution in [1.29, 1.82) is 0 Å². The van der Waals surface area contributed by atoms with E-state index in [1.165, 1.54) is 5.56 Å². The number of likely N-dealkylation sites (tertiary alicyclic amines) is 1. The van der Waals surface area contributed by atoms with Crippen LogP contribution in [0.5, 0.6) is 0 Å². The van der Waals surface area contributed by atoms with Gasteiger partial charge in [0.2, 0.25) is 0 Å². The predicted octanol–water partition coefficient (Wildman–Crippen LogP) is 3.80. The van der Waals surface area contributed by atoms with Crippen molar-refractivity contribution in [1.82, 2.24) is 9.80 Å². The minimum Gasteiger partial charge on any atom is -0.379 e.